The minimum atomic E-state index is -0.495. The standard InChI is InChI=1S/C14H18N2O3/c1-2-7-19-14(18)16-10-13(17)9-12(16)8-11-5-3-4-6-15-11/h2-6,12-13,17H,1,7-10H2. The number of carbonyl (C=O) groups excluding carboxylic acids is 1. The summed E-state index contributed by atoms with van der Waals surface area (Å²) in [5.41, 5.74) is 0.906. The molecule has 2 atom stereocenters. The van der Waals surface area contributed by atoms with Crippen molar-refractivity contribution in [2.24, 2.45) is 0 Å². The van der Waals surface area contributed by atoms with E-state index >= 15 is 0 Å². The summed E-state index contributed by atoms with van der Waals surface area (Å²) in [6.07, 6.45) is 3.53. The van der Waals surface area contributed by atoms with E-state index < -0.39 is 12.2 Å². The molecular weight excluding hydrogens is 244 g/mol. The maximum atomic E-state index is 11.9. The Balaban J connectivity index is 2.01. The first-order chi connectivity index (χ1) is 9.20. The van der Waals surface area contributed by atoms with Gasteiger partial charge in [-0.1, -0.05) is 18.7 Å². The minimum Gasteiger partial charge on any atom is -0.445 e. The first-order valence-electron chi connectivity index (χ1n) is 6.33. The topological polar surface area (TPSA) is 62.7 Å². The Morgan fingerprint density at radius 3 is 3.16 bits per heavy atom. The van der Waals surface area contributed by atoms with E-state index in [0.717, 1.165) is 5.69 Å². The van der Waals surface area contributed by atoms with Crippen LogP contribution in [0.1, 0.15) is 12.1 Å². The van der Waals surface area contributed by atoms with Crippen LogP contribution in [0.4, 0.5) is 4.79 Å². The summed E-state index contributed by atoms with van der Waals surface area (Å²) in [5, 5.41) is 9.73. The number of likely N-dealkylation sites (tertiary alicyclic amines) is 1. The van der Waals surface area contributed by atoms with Crippen LogP contribution in [0.15, 0.2) is 37.1 Å². The summed E-state index contributed by atoms with van der Waals surface area (Å²) in [6.45, 7) is 4.00. The SMILES string of the molecule is C=CCOC(=O)N1CC(O)CC1Cc1ccccn1. The van der Waals surface area contributed by atoms with Crippen molar-refractivity contribution in [3.63, 3.8) is 0 Å². The second kappa shape index (κ2) is 6.33. The number of aliphatic hydroxyl groups excluding tert-OH is 1. The number of aromatic nitrogens is 1. The number of β-amino-alcohol motifs (C(OH)–C–C–N with tert-alkyl or cyclic N) is 1. The lowest BCUT2D eigenvalue weighted by Crippen LogP contribution is -2.37. The molecule has 0 radical (unpaired) electrons. The average molecular weight is 262 g/mol. The number of carbonyl (C=O) groups is 1. The van der Waals surface area contributed by atoms with Gasteiger partial charge in [0.25, 0.3) is 0 Å². The van der Waals surface area contributed by atoms with E-state index in [-0.39, 0.29) is 12.6 Å². The zero-order valence-electron chi connectivity index (χ0n) is 10.7. The van der Waals surface area contributed by atoms with E-state index in [0.29, 0.717) is 19.4 Å². The summed E-state index contributed by atoms with van der Waals surface area (Å²) < 4.78 is 5.03. The summed E-state index contributed by atoms with van der Waals surface area (Å²) in [4.78, 5) is 17.7. The Hall–Kier alpha value is -1.88. The van der Waals surface area contributed by atoms with Crippen molar-refractivity contribution in [3.05, 3.63) is 42.7 Å². The monoisotopic (exact) mass is 262 g/mol. The highest BCUT2D eigenvalue weighted by Crippen LogP contribution is 2.21. The summed E-state index contributed by atoms with van der Waals surface area (Å²) >= 11 is 0. The van der Waals surface area contributed by atoms with Crippen LogP contribution in [0.2, 0.25) is 0 Å². The molecule has 0 spiro atoms. The normalized spacial score (nSPS) is 22.3. The van der Waals surface area contributed by atoms with Crippen LogP contribution in [0.3, 0.4) is 0 Å². The molecule has 0 aliphatic carbocycles. The smallest absolute Gasteiger partial charge is 0.410 e. The highest BCUT2D eigenvalue weighted by molar-refractivity contribution is 5.68. The van der Waals surface area contributed by atoms with Gasteiger partial charge in [-0.2, -0.15) is 0 Å². The van der Waals surface area contributed by atoms with Crippen LogP contribution in [0.25, 0.3) is 0 Å². The molecule has 0 bridgehead atoms. The fourth-order valence-electron chi connectivity index (χ4n) is 2.28. The van der Waals surface area contributed by atoms with E-state index in [1.54, 1.807) is 11.1 Å². The van der Waals surface area contributed by atoms with Crippen molar-refractivity contribution in [1.29, 1.82) is 0 Å². The van der Waals surface area contributed by atoms with E-state index in [2.05, 4.69) is 11.6 Å². The number of ether oxygens (including phenoxy) is 1. The zero-order chi connectivity index (χ0) is 13.7. The average Bonchev–Trinajstić information content (AvgIpc) is 2.78. The van der Waals surface area contributed by atoms with Crippen molar-refractivity contribution in [3.8, 4) is 0 Å². The van der Waals surface area contributed by atoms with Gasteiger partial charge in [0, 0.05) is 24.4 Å². The van der Waals surface area contributed by atoms with E-state index in [1.165, 1.54) is 6.08 Å². The van der Waals surface area contributed by atoms with Crippen LogP contribution in [0, 0.1) is 0 Å². The van der Waals surface area contributed by atoms with E-state index in [1.807, 2.05) is 18.2 Å². The molecular formula is C14H18N2O3. The maximum Gasteiger partial charge on any atom is 0.410 e. The van der Waals surface area contributed by atoms with Gasteiger partial charge in [-0.05, 0) is 18.6 Å². The molecule has 5 nitrogen and oxygen atoms in total. The van der Waals surface area contributed by atoms with Crippen molar-refractivity contribution in [1.82, 2.24) is 9.88 Å². The van der Waals surface area contributed by atoms with Gasteiger partial charge >= 0.3 is 6.09 Å². The Morgan fingerprint density at radius 1 is 1.63 bits per heavy atom. The first kappa shape index (κ1) is 13.5. The molecule has 1 aromatic heterocycles. The number of aliphatic hydroxyl groups is 1. The van der Waals surface area contributed by atoms with Crippen molar-refractivity contribution >= 4 is 6.09 Å². The molecule has 1 aliphatic rings. The van der Waals surface area contributed by atoms with Gasteiger partial charge in [-0.15, -0.1) is 0 Å². The van der Waals surface area contributed by atoms with Crippen LogP contribution in [-0.2, 0) is 11.2 Å². The molecule has 2 rings (SSSR count). The highest BCUT2D eigenvalue weighted by Gasteiger charge is 2.35. The molecule has 1 fully saturated rings. The molecule has 0 aromatic carbocycles. The molecule has 1 N–H and O–H groups in total. The lowest BCUT2D eigenvalue weighted by atomic mass is 10.1. The molecule has 1 amide bonds. The summed E-state index contributed by atoms with van der Waals surface area (Å²) in [7, 11) is 0. The molecule has 102 valence electrons. The van der Waals surface area contributed by atoms with E-state index in [9.17, 15) is 9.90 Å². The third-order valence-corrected chi connectivity index (χ3v) is 3.12. The van der Waals surface area contributed by atoms with Crippen LogP contribution >= 0.6 is 0 Å². The fraction of sp³-hybridized carbons (Fsp3) is 0.429. The third-order valence-electron chi connectivity index (χ3n) is 3.12. The number of hydrogen-bond acceptors (Lipinski definition) is 4. The van der Waals surface area contributed by atoms with Gasteiger partial charge in [-0.25, -0.2) is 4.79 Å². The lowest BCUT2D eigenvalue weighted by Gasteiger charge is -2.23. The minimum absolute atomic E-state index is 0.0674. The highest BCUT2D eigenvalue weighted by atomic mass is 16.6. The Labute approximate surface area is 112 Å². The van der Waals surface area contributed by atoms with Crippen molar-refractivity contribution in [2.75, 3.05) is 13.2 Å². The predicted octanol–water partition coefficient (Wildman–Crippen LogP) is 1.38. The largest absolute Gasteiger partial charge is 0.445 e. The molecule has 0 saturated carbocycles. The number of pyridine rings is 1. The van der Waals surface area contributed by atoms with Gasteiger partial charge in [-0.3, -0.25) is 4.98 Å². The maximum absolute atomic E-state index is 11.9. The lowest BCUT2D eigenvalue weighted by molar-refractivity contribution is 0.102. The first-order valence-corrected chi connectivity index (χ1v) is 6.33. The molecule has 2 unspecified atom stereocenters. The summed E-state index contributed by atoms with van der Waals surface area (Å²) in [5.74, 6) is 0. The van der Waals surface area contributed by atoms with Gasteiger partial charge in [0.2, 0.25) is 0 Å². The predicted molar refractivity (Wildman–Crippen MR) is 70.6 cm³/mol. The molecule has 5 heteroatoms. The zero-order valence-corrected chi connectivity index (χ0v) is 10.7. The Bertz CT molecular complexity index is 436. The van der Waals surface area contributed by atoms with Crippen LogP contribution in [-0.4, -0.2) is 46.4 Å². The van der Waals surface area contributed by atoms with Gasteiger partial charge in [0.1, 0.15) is 6.61 Å². The molecule has 1 aromatic rings. The number of hydrogen-bond donors (Lipinski definition) is 1. The second-order valence-corrected chi connectivity index (χ2v) is 4.59. The van der Waals surface area contributed by atoms with Crippen molar-refractivity contribution < 1.29 is 14.6 Å². The second-order valence-electron chi connectivity index (χ2n) is 4.59. The fourth-order valence-corrected chi connectivity index (χ4v) is 2.28. The van der Waals surface area contributed by atoms with Gasteiger partial charge < -0.3 is 14.7 Å². The van der Waals surface area contributed by atoms with Gasteiger partial charge in [0.15, 0.2) is 0 Å². The van der Waals surface area contributed by atoms with Crippen molar-refractivity contribution in [2.45, 2.75) is 25.0 Å². The quantitative estimate of drug-likeness (QED) is 0.833. The van der Waals surface area contributed by atoms with Crippen LogP contribution in [0.5, 0.6) is 0 Å². The number of nitrogens with zero attached hydrogens (tertiary/aromatic N) is 2. The van der Waals surface area contributed by atoms with Gasteiger partial charge in [0.05, 0.1) is 12.6 Å². The Morgan fingerprint density at radius 2 is 2.47 bits per heavy atom. The Kier molecular flexibility index (Phi) is 4.52. The third kappa shape index (κ3) is 3.54. The number of rotatable bonds is 4. The van der Waals surface area contributed by atoms with Crippen LogP contribution < -0.4 is 0 Å². The molecule has 2 heterocycles. The summed E-state index contributed by atoms with van der Waals surface area (Å²) in [6, 6.07) is 5.61. The molecule has 1 aliphatic heterocycles. The molecule has 1 saturated heterocycles. The molecule has 19 heavy (non-hydrogen) atoms. The number of amides is 1. The van der Waals surface area contributed by atoms with E-state index in [4.69, 9.17) is 4.74 Å².